The maximum Gasteiger partial charge on any atom is 0.306 e. The van der Waals surface area contributed by atoms with Crippen molar-refractivity contribution in [3.63, 3.8) is 0 Å². The third kappa shape index (κ3) is 54.0. The molecule has 0 aromatic carbocycles. The first-order chi connectivity index (χ1) is 32.6. The van der Waals surface area contributed by atoms with Crippen molar-refractivity contribution in [2.45, 2.75) is 284 Å². The Bertz CT molecular complexity index is 1180. The molecule has 0 radical (unpaired) electrons. The number of hydrogen-bond donors (Lipinski definition) is 0. The monoisotopic (exact) mass is 921 g/mol. The largest absolute Gasteiger partial charge is 0.462 e. The minimum atomic E-state index is -0.553. The van der Waals surface area contributed by atoms with Crippen molar-refractivity contribution in [2.75, 3.05) is 19.8 Å². The van der Waals surface area contributed by atoms with Crippen molar-refractivity contribution in [1.29, 1.82) is 0 Å². The molecule has 0 amide bonds. The predicted octanol–water partition coefficient (Wildman–Crippen LogP) is 19.5. The average Bonchev–Trinajstić information content (AvgIpc) is 3.32. The van der Waals surface area contributed by atoms with Crippen molar-refractivity contribution in [1.82, 2.24) is 0 Å². The first-order valence-electron chi connectivity index (χ1n) is 28.5. The molecule has 0 saturated heterocycles. The maximum absolute atomic E-state index is 12.8. The van der Waals surface area contributed by atoms with E-state index in [9.17, 15) is 9.59 Å². The quantitative estimate of drug-likeness (QED) is 0.0346. The number of carbonyl (C=O) groups excluding carboxylic acids is 2. The van der Waals surface area contributed by atoms with E-state index in [0.717, 1.165) is 96.3 Å². The van der Waals surface area contributed by atoms with Crippen LogP contribution in [0.3, 0.4) is 0 Å². The molecule has 0 rings (SSSR count). The summed E-state index contributed by atoms with van der Waals surface area (Å²) in [7, 11) is 0. The molecule has 0 aliphatic heterocycles. The zero-order chi connectivity index (χ0) is 47.7. The van der Waals surface area contributed by atoms with Gasteiger partial charge in [-0.2, -0.15) is 0 Å². The second-order valence-electron chi connectivity index (χ2n) is 18.8. The first kappa shape index (κ1) is 63.3. The van der Waals surface area contributed by atoms with Crippen molar-refractivity contribution in [3.05, 3.63) is 72.9 Å². The first-order valence-corrected chi connectivity index (χ1v) is 28.5. The molecule has 0 aromatic heterocycles. The highest BCUT2D eigenvalue weighted by Gasteiger charge is 2.17. The van der Waals surface area contributed by atoms with Crippen molar-refractivity contribution < 1.29 is 23.8 Å². The highest BCUT2D eigenvalue weighted by atomic mass is 16.6. The standard InChI is InChI=1S/C61H108O5/c1-4-7-10-13-16-19-22-25-28-31-33-36-39-42-45-48-51-54-60(62)65-58-59(57-64-56-53-50-47-44-41-38-35-30-27-24-21-18-15-12-9-6-3)66-61(63)55-52-49-46-43-40-37-34-32-29-26-23-20-17-14-11-8-5-2/h8,11,16-17,19-20,25-26,28-29,34,37,59H,4-7,9-10,12-15,18,21-24,27,30-33,35-36,38-58H2,1-3H3/b11-8-,19-16-,20-17-,28-25-,29-26-,37-34-/t59-/m1/s1. The van der Waals surface area contributed by atoms with Crippen molar-refractivity contribution >= 4 is 11.9 Å². The van der Waals surface area contributed by atoms with E-state index in [4.69, 9.17) is 14.2 Å². The summed E-state index contributed by atoms with van der Waals surface area (Å²) in [6.07, 6.45) is 73.4. The summed E-state index contributed by atoms with van der Waals surface area (Å²) < 4.78 is 17.5. The Morgan fingerprint density at radius 1 is 0.348 bits per heavy atom. The molecule has 66 heavy (non-hydrogen) atoms. The molecule has 0 spiro atoms. The van der Waals surface area contributed by atoms with Gasteiger partial charge in [-0.3, -0.25) is 9.59 Å². The summed E-state index contributed by atoms with van der Waals surface area (Å²) in [5, 5.41) is 0. The highest BCUT2D eigenvalue weighted by molar-refractivity contribution is 5.70. The molecule has 0 heterocycles. The van der Waals surface area contributed by atoms with Crippen LogP contribution >= 0.6 is 0 Å². The lowest BCUT2D eigenvalue weighted by molar-refractivity contribution is -0.163. The highest BCUT2D eigenvalue weighted by Crippen LogP contribution is 2.15. The zero-order valence-corrected chi connectivity index (χ0v) is 44.0. The Labute approximate surface area is 410 Å². The Hall–Kier alpha value is -2.66. The summed E-state index contributed by atoms with van der Waals surface area (Å²) in [4.78, 5) is 25.5. The number of allylic oxidation sites excluding steroid dienone is 12. The Balaban J connectivity index is 4.32. The normalized spacial score (nSPS) is 12.7. The van der Waals surface area contributed by atoms with Gasteiger partial charge < -0.3 is 14.2 Å². The summed E-state index contributed by atoms with van der Waals surface area (Å²) in [6.45, 7) is 7.69. The van der Waals surface area contributed by atoms with E-state index in [2.05, 4.69) is 93.7 Å². The summed E-state index contributed by atoms with van der Waals surface area (Å²) in [5.74, 6) is -0.424. The lowest BCUT2D eigenvalue weighted by atomic mass is 10.0. The molecule has 0 aliphatic rings. The van der Waals surface area contributed by atoms with Gasteiger partial charge in [0.25, 0.3) is 0 Å². The molecule has 0 unspecified atom stereocenters. The van der Waals surface area contributed by atoms with E-state index >= 15 is 0 Å². The van der Waals surface area contributed by atoms with E-state index in [0.29, 0.717) is 19.4 Å². The number of unbranched alkanes of at least 4 members (excludes halogenated alkanes) is 29. The predicted molar refractivity (Wildman–Crippen MR) is 288 cm³/mol. The molecule has 382 valence electrons. The fraction of sp³-hybridized carbons (Fsp3) is 0.770. The maximum atomic E-state index is 12.8. The summed E-state index contributed by atoms with van der Waals surface area (Å²) in [5.41, 5.74) is 0. The van der Waals surface area contributed by atoms with Crippen molar-refractivity contribution in [2.24, 2.45) is 0 Å². The molecular formula is C61H108O5. The Kier molecular flexibility index (Phi) is 54.4. The minimum Gasteiger partial charge on any atom is -0.462 e. The van der Waals surface area contributed by atoms with Crippen LogP contribution in [0.4, 0.5) is 0 Å². The topological polar surface area (TPSA) is 61.8 Å². The SMILES string of the molecule is CC/C=C\C/C=C\C/C=C\C/C=C\CCCCCCC(=O)O[C@H](COCCCCCCCCCCCCCCCCCC)COC(=O)CCCCCCCCC/C=C\C/C=C\CCCCC. The van der Waals surface area contributed by atoms with Gasteiger partial charge in [0, 0.05) is 19.4 Å². The van der Waals surface area contributed by atoms with E-state index in [-0.39, 0.29) is 25.2 Å². The Morgan fingerprint density at radius 3 is 1.12 bits per heavy atom. The third-order valence-corrected chi connectivity index (χ3v) is 12.2. The van der Waals surface area contributed by atoms with Crippen LogP contribution in [0.5, 0.6) is 0 Å². The van der Waals surface area contributed by atoms with Gasteiger partial charge in [-0.15, -0.1) is 0 Å². The van der Waals surface area contributed by atoms with Crippen LogP contribution in [0.15, 0.2) is 72.9 Å². The van der Waals surface area contributed by atoms with Crippen LogP contribution < -0.4 is 0 Å². The second kappa shape index (κ2) is 56.7. The molecule has 5 nitrogen and oxygen atoms in total. The van der Waals surface area contributed by atoms with Crippen molar-refractivity contribution in [3.8, 4) is 0 Å². The molecule has 0 N–H and O–H groups in total. The van der Waals surface area contributed by atoms with Crippen LogP contribution in [-0.4, -0.2) is 37.9 Å². The average molecular weight is 922 g/mol. The second-order valence-corrected chi connectivity index (χ2v) is 18.8. The van der Waals surface area contributed by atoms with Gasteiger partial charge in [0.15, 0.2) is 6.10 Å². The van der Waals surface area contributed by atoms with Crippen LogP contribution in [0.1, 0.15) is 278 Å². The van der Waals surface area contributed by atoms with Gasteiger partial charge >= 0.3 is 11.9 Å². The van der Waals surface area contributed by atoms with Crippen LogP contribution in [-0.2, 0) is 23.8 Å². The molecule has 0 fully saturated rings. The molecule has 0 saturated carbocycles. The fourth-order valence-corrected chi connectivity index (χ4v) is 8.00. The minimum absolute atomic E-state index is 0.0715. The molecular weight excluding hydrogens is 813 g/mol. The van der Waals surface area contributed by atoms with Crippen LogP contribution in [0, 0.1) is 0 Å². The molecule has 0 aliphatic carbocycles. The van der Waals surface area contributed by atoms with Crippen LogP contribution in [0.2, 0.25) is 0 Å². The third-order valence-electron chi connectivity index (χ3n) is 12.2. The molecule has 0 aromatic rings. The van der Waals surface area contributed by atoms with Gasteiger partial charge in [0.1, 0.15) is 6.61 Å². The number of ether oxygens (including phenoxy) is 3. The molecule has 1 atom stereocenters. The van der Waals surface area contributed by atoms with Gasteiger partial charge in [-0.1, -0.05) is 248 Å². The number of hydrogen-bond acceptors (Lipinski definition) is 5. The van der Waals surface area contributed by atoms with Gasteiger partial charge in [-0.25, -0.2) is 0 Å². The summed E-state index contributed by atoms with van der Waals surface area (Å²) in [6, 6.07) is 0. The van der Waals surface area contributed by atoms with E-state index < -0.39 is 6.10 Å². The van der Waals surface area contributed by atoms with E-state index in [1.807, 2.05) is 0 Å². The number of carbonyl (C=O) groups is 2. The molecule has 5 heteroatoms. The van der Waals surface area contributed by atoms with Gasteiger partial charge in [-0.05, 0) is 89.9 Å². The Morgan fingerprint density at radius 2 is 0.682 bits per heavy atom. The fourth-order valence-electron chi connectivity index (χ4n) is 8.00. The van der Waals surface area contributed by atoms with E-state index in [1.165, 1.54) is 148 Å². The zero-order valence-electron chi connectivity index (χ0n) is 44.0. The number of rotatable bonds is 52. The van der Waals surface area contributed by atoms with E-state index in [1.54, 1.807) is 0 Å². The van der Waals surface area contributed by atoms with Crippen LogP contribution in [0.25, 0.3) is 0 Å². The lowest BCUT2D eigenvalue weighted by Gasteiger charge is -2.18. The molecule has 0 bridgehead atoms. The number of esters is 2. The summed E-state index contributed by atoms with van der Waals surface area (Å²) >= 11 is 0. The van der Waals surface area contributed by atoms with Gasteiger partial charge in [0.2, 0.25) is 0 Å². The van der Waals surface area contributed by atoms with Gasteiger partial charge in [0.05, 0.1) is 6.61 Å². The smallest absolute Gasteiger partial charge is 0.306 e. The lowest BCUT2D eigenvalue weighted by Crippen LogP contribution is -2.30.